The molecule has 4 rings (SSSR count). The van der Waals surface area contributed by atoms with Gasteiger partial charge in [0.25, 0.3) is 0 Å². The van der Waals surface area contributed by atoms with Gasteiger partial charge in [-0.25, -0.2) is 4.79 Å². The molecule has 12 heteroatoms. The van der Waals surface area contributed by atoms with Crippen LogP contribution in [-0.2, 0) is 22.1 Å². The molecule has 2 aromatic rings. The second-order valence-corrected chi connectivity index (χ2v) is 9.14. The molecule has 1 saturated carbocycles. The van der Waals surface area contributed by atoms with Gasteiger partial charge in [0.1, 0.15) is 5.69 Å². The monoisotopic (exact) mass is 495 g/mol. The van der Waals surface area contributed by atoms with Gasteiger partial charge in [0.05, 0.1) is 6.42 Å². The number of H-pyrrole nitrogens is 1. The number of anilines is 1. The van der Waals surface area contributed by atoms with E-state index in [-0.39, 0.29) is 18.4 Å². The van der Waals surface area contributed by atoms with Crippen LogP contribution in [0.5, 0.6) is 0 Å². The molecule has 35 heavy (non-hydrogen) atoms. The number of hydrogen-bond acceptors (Lipinski definition) is 5. The standard InChI is InChI=1S/C23H28F3N5O4/c24-23(25,26)19-4-1-15(12-27-19)9-21(32)28-20-11-18(29-30-20)16-2-3-17(10-16)31(22(33)34)13-14-5-7-35-8-6-14/h1,4,11-12,14,16-17H,2-3,5-10,13H2,(H,33,34)(H2,28,29,30,32)/t16-,17+/m1/s1. The second kappa shape index (κ2) is 10.6. The maximum Gasteiger partial charge on any atom is 0.433 e. The highest BCUT2D eigenvalue weighted by atomic mass is 19.4. The quantitative estimate of drug-likeness (QED) is 0.533. The number of amides is 2. The van der Waals surface area contributed by atoms with Crippen LogP contribution in [0.15, 0.2) is 24.4 Å². The highest BCUT2D eigenvalue weighted by Gasteiger charge is 2.35. The lowest BCUT2D eigenvalue weighted by Gasteiger charge is -2.32. The first-order chi connectivity index (χ1) is 16.7. The van der Waals surface area contributed by atoms with Gasteiger partial charge in [-0.1, -0.05) is 6.07 Å². The molecule has 2 fully saturated rings. The van der Waals surface area contributed by atoms with Crippen LogP contribution in [-0.4, -0.2) is 63.0 Å². The number of rotatable bonds is 7. The van der Waals surface area contributed by atoms with Gasteiger partial charge >= 0.3 is 12.3 Å². The molecule has 1 saturated heterocycles. The number of hydrogen-bond donors (Lipinski definition) is 3. The second-order valence-electron chi connectivity index (χ2n) is 9.14. The Kier molecular flexibility index (Phi) is 7.58. The highest BCUT2D eigenvalue weighted by molar-refractivity contribution is 5.91. The molecule has 0 bridgehead atoms. The van der Waals surface area contributed by atoms with Gasteiger partial charge in [0.15, 0.2) is 5.82 Å². The fourth-order valence-electron chi connectivity index (χ4n) is 4.79. The third-order valence-electron chi connectivity index (χ3n) is 6.67. The van der Waals surface area contributed by atoms with Crippen LogP contribution in [0.25, 0.3) is 0 Å². The van der Waals surface area contributed by atoms with Crippen LogP contribution < -0.4 is 5.32 Å². The van der Waals surface area contributed by atoms with E-state index in [4.69, 9.17) is 4.74 Å². The van der Waals surface area contributed by atoms with E-state index in [0.717, 1.165) is 43.6 Å². The summed E-state index contributed by atoms with van der Waals surface area (Å²) in [4.78, 5) is 29.1. The normalized spacial score (nSPS) is 21.1. The van der Waals surface area contributed by atoms with Crippen molar-refractivity contribution in [2.45, 2.75) is 56.7 Å². The first kappa shape index (κ1) is 25.0. The van der Waals surface area contributed by atoms with Crippen molar-refractivity contribution in [3.05, 3.63) is 41.3 Å². The van der Waals surface area contributed by atoms with Gasteiger partial charge in [-0.2, -0.15) is 18.3 Å². The number of nitrogens with one attached hydrogen (secondary N) is 2. The summed E-state index contributed by atoms with van der Waals surface area (Å²) in [5, 5.41) is 19.5. The summed E-state index contributed by atoms with van der Waals surface area (Å²) in [6, 6.07) is 3.71. The Balaban J connectivity index is 1.30. The fraction of sp³-hybridized carbons (Fsp3) is 0.565. The van der Waals surface area contributed by atoms with Gasteiger partial charge < -0.3 is 20.1 Å². The van der Waals surface area contributed by atoms with E-state index < -0.39 is 23.9 Å². The predicted molar refractivity (Wildman–Crippen MR) is 119 cm³/mol. The van der Waals surface area contributed by atoms with E-state index in [1.54, 1.807) is 11.0 Å². The number of nitrogens with zero attached hydrogens (tertiary/aromatic N) is 3. The minimum Gasteiger partial charge on any atom is -0.465 e. The van der Waals surface area contributed by atoms with E-state index in [1.165, 1.54) is 6.07 Å². The minimum atomic E-state index is -4.53. The number of pyridine rings is 1. The van der Waals surface area contributed by atoms with Crippen molar-refractivity contribution < 1.29 is 32.6 Å². The summed E-state index contributed by atoms with van der Waals surface area (Å²) >= 11 is 0. The molecular weight excluding hydrogens is 467 g/mol. The average Bonchev–Trinajstić information content (AvgIpc) is 3.47. The van der Waals surface area contributed by atoms with Crippen LogP contribution in [0.1, 0.15) is 55.0 Å². The molecule has 9 nitrogen and oxygen atoms in total. The van der Waals surface area contributed by atoms with Crippen molar-refractivity contribution in [3.63, 3.8) is 0 Å². The summed E-state index contributed by atoms with van der Waals surface area (Å²) in [6.45, 7) is 1.85. The number of carbonyl (C=O) groups excluding carboxylic acids is 1. The first-order valence-corrected chi connectivity index (χ1v) is 11.6. The molecule has 3 heterocycles. The van der Waals surface area contributed by atoms with Gasteiger partial charge in [-0.15, -0.1) is 0 Å². The summed E-state index contributed by atoms with van der Waals surface area (Å²) in [5.41, 5.74) is 0.154. The predicted octanol–water partition coefficient (Wildman–Crippen LogP) is 4.05. The lowest BCUT2D eigenvalue weighted by Crippen LogP contribution is -2.42. The Morgan fingerprint density at radius 1 is 1.20 bits per heavy atom. The lowest BCUT2D eigenvalue weighted by molar-refractivity contribution is -0.141. The zero-order valence-corrected chi connectivity index (χ0v) is 19.1. The molecule has 0 unspecified atom stereocenters. The highest BCUT2D eigenvalue weighted by Crippen LogP contribution is 2.37. The molecule has 3 N–H and O–H groups in total. The van der Waals surface area contributed by atoms with E-state index >= 15 is 0 Å². The number of carbonyl (C=O) groups is 2. The SMILES string of the molecule is O=C(Cc1ccc(C(F)(F)F)nc1)Nc1cc([C@@H]2CC[C@H](N(CC3CCOCC3)C(=O)O)C2)[nH]n1. The van der Waals surface area contributed by atoms with Gasteiger partial charge in [0.2, 0.25) is 5.91 Å². The molecule has 0 radical (unpaired) electrons. The maximum atomic E-state index is 12.6. The van der Waals surface area contributed by atoms with Crippen LogP contribution in [0.4, 0.5) is 23.8 Å². The molecule has 1 aliphatic heterocycles. The summed E-state index contributed by atoms with van der Waals surface area (Å²) in [6.07, 6.45) is -0.586. The summed E-state index contributed by atoms with van der Waals surface area (Å²) in [5.74, 6) is 0.287. The number of halogens is 3. The molecule has 1 aliphatic carbocycles. The van der Waals surface area contributed by atoms with Crippen LogP contribution in [0.3, 0.4) is 0 Å². The van der Waals surface area contributed by atoms with Gasteiger partial charge in [0, 0.05) is 49.7 Å². The minimum absolute atomic E-state index is 0.0751. The first-order valence-electron chi connectivity index (χ1n) is 11.6. The third-order valence-corrected chi connectivity index (χ3v) is 6.67. The largest absolute Gasteiger partial charge is 0.465 e. The topological polar surface area (TPSA) is 120 Å². The number of alkyl halides is 3. The molecule has 2 atom stereocenters. The fourth-order valence-corrected chi connectivity index (χ4v) is 4.79. The van der Waals surface area contributed by atoms with E-state index in [2.05, 4.69) is 20.5 Å². The Morgan fingerprint density at radius 2 is 1.97 bits per heavy atom. The molecule has 0 aromatic carbocycles. The van der Waals surface area contributed by atoms with Crippen molar-refractivity contribution in [1.82, 2.24) is 20.1 Å². The Hall–Kier alpha value is -3.15. The molecule has 2 amide bonds. The lowest BCUT2D eigenvalue weighted by atomic mass is 9.98. The van der Waals surface area contributed by atoms with Crippen LogP contribution in [0.2, 0.25) is 0 Å². The number of aromatic amines is 1. The van der Waals surface area contributed by atoms with Crippen molar-refractivity contribution in [2.75, 3.05) is 25.1 Å². The molecular formula is C23H28F3N5O4. The van der Waals surface area contributed by atoms with Gasteiger partial charge in [-0.3, -0.25) is 14.9 Å². The average molecular weight is 496 g/mol. The van der Waals surface area contributed by atoms with Crippen molar-refractivity contribution in [1.29, 1.82) is 0 Å². The Morgan fingerprint density at radius 3 is 2.63 bits per heavy atom. The van der Waals surface area contributed by atoms with Crippen molar-refractivity contribution >= 4 is 17.8 Å². The van der Waals surface area contributed by atoms with Crippen LogP contribution in [0, 0.1) is 5.92 Å². The van der Waals surface area contributed by atoms with E-state index in [1.807, 2.05) is 0 Å². The van der Waals surface area contributed by atoms with Gasteiger partial charge in [-0.05, 0) is 49.7 Å². The smallest absolute Gasteiger partial charge is 0.433 e. The Bertz CT molecular complexity index is 1020. The summed E-state index contributed by atoms with van der Waals surface area (Å²) in [7, 11) is 0. The molecule has 2 aromatic heterocycles. The summed E-state index contributed by atoms with van der Waals surface area (Å²) < 4.78 is 43.2. The third kappa shape index (κ3) is 6.50. The van der Waals surface area contributed by atoms with E-state index in [0.29, 0.717) is 43.5 Å². The molecule has 2 aliphatic rings. The van der Waals surface area contributed by atoms with E-state index in [9.17, 15) is 27.9 Å². The van der Waals surface area contributed by atoms with Crippen LogP contribution >= 0.6 is 0 Å². The number of carboxylic acid groups (broad SMARTS) is 1. The Labute approximate surface area is 200 Å². The zero-order valence-electron chi connectivity index (χ0n) is 19.1. The zero-order chi connectivity index (χ0) is 25.0. The molecule has 0 spiro atoms. The number of aromatic nitrogens is 3. The van der Waals surface area contributed by atoms with Crippen molar-refractivity contribution in [2.24, 2.45) is 5.92 Å². The van der Waals surface area contributed by atoms with Crippen molar-refractivity contribution in [3.8, 4) is 0 Å². The maximum absolute atomic E-state index is 12.6. The molecule has 190 valence electrons. The number of ether oxygens (including phenoxy) is 1.